The molecule has 2 N–H and O–H groups in total. The molecule has 1 aliphatic heterocycles. The van der Waals surface area contributed by atoms with Crippen LogP contribution >= 0.6 is 0 Å². The third kappa shape index (κ3) is 3.68. The van der Waals surface area contributed by atoms with Gasteiger partial charge in [0.15, 0.2) is 0 Å². The highest BCUT2D eigenvalue weighted by molar-refractivity contribution is 5.73. The fourth-order valence-electron chi connectivity index (χ4n) is 4.28. The van der Waals surface area contributed by atoms with Crippen molar-refractivity contribution in [3.63, 3.8) is 0 Å². The van der Waals surface area contributed by atoms with Crippen LogP contribution in [0.15, 0.2) is 12.1 Å². The van der Waals surface area contributed by atoms with E-state index >= 15 is 0 Å². The summed E-state index contributed by atoms with van der Waals surface area (Å²) >= 11 is 0. The molecule has 0 spiro atoms. The van der Waals surface area contributed by atoms with Gasteiger partial charge in [0.25, 0.3) is 0 Å². The lowest BCUT2D eigenvalue weighted by Gasteiger charge is -2.40. The van der Waals surface area contributed by atoms with E-state index in [4.69, 9.17) is 4.74 Å². The van der Waals surface area contributed by atoms with Crippen molar-refractivity contribution in [2.45, 2.75) is 70.8 Å². The van der Waals surface area contributed by atoms with Gasteiger partial charge in [0.2, 0.25) is 5.91 Å². The molecule has 132 valence electrons. The van der Waals surface area contributed by atoms with Crippen LogP contribution < -0.4 is 10.1 Å². The predicted octanol–water partition coefficient (Wildman–Crippen LogP) is 3.91. The zero-order valence-electron chi connectivity index (χ0n) is 14.8. The second-order valence-corrected chi connectivity index (χ2v) is 7.37. The largest absolute Gasteiger partial charge is 0.508 e. The predicted molar refractivity (Wildman–Crippen MR) is 94.5 cm³/mol. The van der Waals surface area contributed by atoms with Gasteiger partial charge in [-0.2, -0.15) is 0 Å². The first kappa shape index (κ1) is 17.1. The smallest absolute Gasteiger partial charge is 0.217 e. The molecular weight excluding hydrogens is 302 g/mol. The third-order valence-electron chi connectivity index (χ3n) is 5.47. The molecule has 1 unspecified atom stereocenters. The third-order valence-corrected chi connectivity index (χ3v) is 5.47. The van der Waals surface area contributed by atoms with Crippen LogP contribution in [0, 0.1) is 5.92 Å². The molecule has 1 heterocycles. The lowest BCUT2D eigenvalue weighted by atomic mass is 9.72. The van der Waals surface area contributed by atoms with Gasteiger partial charge in [-0.25, -0.2) is 0 Å². The number of hydrogen-bond acceptors (Lipinski definition) is 3. The van der Waals surface area contributed by atoms with Crippen LogP contribution in [0.3, 0.4) is 0 Å². The summed E-state index contributed by atoms with van der Waals surface area (Å²) in [5.41, 5.74) is 2.12. The van der Waals surface area contributed by atoms with Crippen LogP contribution in [-0.2, 0) is 11.2 Å². The van der Waals surface area contributed by atoms with Crippen molar-refractivity contribution in [1.82, 2.24) is 5.32 Å². The number of aromatic hydroxyl groups is 1. The van der Waals surface area contributed by atoms with Crippen molar-refractivity contribution in [2.24, 2.45) is 5.92 Å². The monoisotopic (exact) mass is 331 g/mol. The average molecular weight is 331 g/mol. The molecule has 1 aromatic rings. The van der Waals surface area contributed by atoms with Gasteiger partial charge < -0.3 is 15.2 Å². The number of benzene rings is 1. The highest BCUT2D eigenvalue weighted by atomic mass is 16.5. The molecular formula is C20H29NO3. The number of phenols is 1. The topological polar surface area (TPSA) is 58.6 Å². The van der Waals surface area contributed by atoms with Crippen LogP contribution in [0.4, 0.5) is 0 Å². The van der Waals surface area contributed by atoms with Crippen LogP contribution in [0.25, 0.3) is 0 Å². The second-order valence-electron chi connectivity index (χ2n) is 7.37. The number of fused-ring (bicyclic) bond motifs is 3. The Labute approximate surface area is 144 Å². The fraction of sp³-hybridized carbons (Fsp3) is 0.650. The summed E-state index contributed by atoms with van der Waals surface area (Å²) in [7, 11) is 0. The van der Waals surface area contributed by atoms with Crippen molar-refractivity contribution in [3.8, 4) is 11.5 Å². The zero-order valence-corrected chi connectivity index (χ0v) is 14.8. The standard InChI is InChI=1S/C20H29NO3/c1-3-4-5-6-14-9-18(23)20-17-11-16(21-13(2)22)8-7-15(17)12-24-19(20)10-14/h9-10,15-17,23H,3-8,11-12H2,1-2H3,(H,21,22)/t15-,16?,17-/m1/s1. The van der Waals surface area contributed by atoms with E-state index in [-0.39, 0.29) is 17.9 Å². The average Bonchev–Trinajstić information content (AvgIpc) is 2.54. The zero-order chi connectivity index (χ0) is 17.1. The minimum atomic E-state index is 0.0289. The Morgan fingerprint density at radius 1 is 1.33 bits per heavy atom. The van der Waals surface area contributed by atoms with Gasteiger partial charge in [-0.1, -0.05) is 19.8 Å². The van der Waals surface area contributed by atoms with E-state index in [0.717, 1.165) is 55.6 Å². The number of hydrogen-bond donors (Lipinski definition) is 2. The Balaban J connectivity index is 1.79. The summed E-state index contributed by atoms with van der Waals surface area (Å²) in [5.74, 6) is 1.98. The molecule has 0 saturated heterocycles. The molecule has 0 radical (unpaired) electrons. The Kier molecular flexibility index (Phi) is 5.32. The minimum Gasteiger partial charge on any atom is -0.508 e. The van der Waals surface area contributed by atoms with Gasteiger partial charge in [0.1, 0.15) is 11.5 Å². The molecule has 1 amide bonds. The van der Waals surface area contributed by atoms with E-state index in [1.807, 2.05) is 6.07 Å². The van der Waals surface area contributed by atoms with Crippen molar-refractivity contribution in [1.29, 1.82) is 0 Å². The molecule has 3 atom stereocenters. The van der Waals surface area contributed by atoms with E-state index in [9.17, 15) is 9.90 Å². The van der Waals surface area contributed by atoms with Crippen molar-refractivity contribution in [3.05, 3.63) is 23.3 Å². The van der Waals surface area contributed by atoms with Crippen LogP contribution in [0.1, 0.15) is 69.4 Å². The molecule has 1 saturated carbocycles. The number of carbonyl (C=O) groups excluding carboxylic acids is 1. The first-order chi connectivity index (χ1) is 11.6. The van der Waals surface area contributed by atoms with Crippen LogP contribution in [-0.4, -0.2) is 23.7 Å². The molecule has 1 aromatic carbocycles. The Bertz CT molecular complexity index is 599. The number of phenolic OH excluding ortho intramolecular Hbond substituents is 1. The van der Waals surface area contributed by atoms with E-state index in [2.05, 4.69) is 18.3 Å². The summed E-state index contributed by atoms with van der Waals surface area (Å²) in [6.07, 6.45) is 7.46. The molecule has 24 heavy (non-hydrogen) atoms. The van der Waals surface area contributed by atoms with Gasteiger partial charge >= 0.3 is 0 Å². The van der Waals surface area contributed by atoms with Gasteiger partial charge in [0, 0.05) is 24.4 Å². The summed E-state index contributed by atoms with van der Waals surface area (Å²) in [4.78, 5) is 11.4. The highest BCUT2D eigenvalue weighted by Gasteiger charge is 2.38. The van der Waals surface area contributed by atoms with Crippen LogP contribution in [0.5, 0.6) is 11.5 Å². The Morgan fingerprint density at radius 3 is 2.92 bits per heavy atom. The number of amides is 1. The molecule has 0 aromatic heterocycles. The quantitative estimate of drug-likeness (QED) is 0.804. The SMILES string of the molecule is CCCCCc1cc(O)c2c(c1)OC[C@H]1CCC(NC(C)=O)C[C@@H]21. The van der Waals surface area contributed by atoms with E-state index < -0.39 is 0 Å². The number of ether oxygens (including phenoxy) is 1. The number of aryl methyl sites for hydroxylation is 1. The maximum absolute atomic E-state index is 11.4. The lowest BCUT2D eigenvalue weighted by Crippen LogP contribution is -2.41. The molecule has 1 fully saturated rings. The summed E-state index contributed by atoms with van der Waals surface area (Å²) in [5, 5.41) is 13.7. The normalized spacial score (nSPS) is 25.3. The lowest BCUT2D eigenvalue weighted by molar-refractivity contribution is -0.120. The van der Waals surface area contributed by atoms with Crippen molar-refractivity contribution < 1.29 is 14.6 Å². The van der Waals surface area contributed by atoms with E-state index in [1.165, 1.54) is 12.8 Å². The van der Waals surface area contributed by atoms with Gasteiger partial charge in [-0.15, -0.1) is 0 Å². The van der Waals surface area contributed by atoms with E-state index in [1.54, 1.807) is 6.92 Å². The maximum Gasteiger partial charge on any atom is 0.217 e. The fourth-order valence-corrected chi connectivity index (χ4v) is 4.28. The van der Waals surface area contributed by atoms with Gasteiger partial charge in [0.05, 0.1) is 6.61 Å². The molecule has 3 rings (SSSR count). The number of rotatable bonds is 5. The molecule has 4 heteroatoms. The van der Waals surface area contributed by atoms with Gasteiger partial charge in [-0.3, -0.25) is 4.79 Å². The number of carbonyl (C=O) groups is 1. The molecule has 2 aliphatic rings. The van der Waals surface area contributed by atoms with Gasteiger partial charge in [-0.05, 0) is 55.7 Å². The van der Waals surface area contributed by atoms with E-state index in [0.29, 0.717) is 11.7 Å². The summed E-state index contributed by atoms with van der Waals surface area (Å²) in [6.45, 7) is 4.49. The second kappa shape index (κ2) is 7.45. The molecule has 1 aliphatic carbocycles. The number of nitrogens with one attached hydrogen (secondary N) is 1. The summed E-state index contributed by atoms with van der Waals surface area (Å²) < 4.78 is 5.99. The van der Waals surface area contributed by atoms with Crippen LogP contribution in [0.2, 0.25) is 0 Å². The Morgan fingerprint density at radius 2 is 2.17 bits per heavy atom. The molecule has 4 nitrogen and oxygen atoms in total. The van der Waals surface area contributed by atoms with Crippen molar-refractivity contribution >= 4 is 5.91 Å². The summed E-state index contributed by atoms with van der Waals surface area (Å²) in [6, 6.07) is 4.24. The first-order valence-electron chi connectivity index (χ1n) is 9.34. The highest BCUT2D eigenvalue weighted by Crippen LogP contribution is 2.49. The van der Waals surface area contributed by atoms with Crippen molar-refractivity contribution in [2.75, 3.05) is 6.61 Å². The first-order valence-corrected chi connectivity index (χ1v) is 9.34. The minimum absolute atomic E-state index is 0.0289. The molecule has 0 bridgehead atoms. The maximum atomic E-state index is 11.4. The number of unbranched alkanes of at least 4 members (excludes halogenated alkanes) is 2. The Hall–Kier alpha value is -1.71.